The summed E-state index contributed by atoms with van der Waals surface area (Å²) in [6, 6.07) is 10.3. The van der Waals surface area contributed by atoms with Crippen LogP contribution < -0.4 is 20.7 Å². The molecule has 3 aromatic heterocycles. The molecule has 1 aromatic carbocycles. The Morgan fingerprint density at radius 3 is 2.69 bits per heavy atom. The summed E-state index contributed by atoms with van der Waals surface area (Å²) in [6.07, 6.45) is 3.23. The Morgan fingerprint density at radius 2 is 2.03 bits per heavy atom. The number of carboxylic acid groups (broad SMARTS) is 1. The number of fused-ring (bicyclic) bond motifs is 2. The smallest absolute Gasteiger partial charge is 0.357 e. The highest BCUT2D eigenvalue weighted by molar-refractivity contribution is 7.23. The number of aliphatic carboxylic acids is 1. The lowest BCUT2D eigenvalue weighted by atomic mass is 10.0. The van der Waals surface area contributed by atoms with Crippen molar-refractivity contribution in [1.82, 2.24) is 15.0 Å². The van der Waals surface area contributed by atoms with Crippen LogP contribution >= 0.6 is 11.3 Å². The number of primary amides is 1. The Hall–Kier alpha value is -4.58. The maximum atomic E-state index is 12.2. The van der Waals surface area contributed by atoms with E-state index in [1.54, 1.807) is 18.5 Å². The van der Waals surface area contributed by atoms with Gasteiger partial charge in [-0.1, -0.05) is 17.4 Å². The van der Waals surface area contributed by atoms with Gasteiger partial charge in [0.15, 0.2) is 16.7 Å². The summed E-state index contributed by atoms with van der Waals surface area (Å²) >= 11 is 1.33. The van der Waals surface area contributed by atoms with Crippen LogP contribution in [0.4, 0.5) is 15.7 Å². The number of nitrogens with one attached hydrogen (secondary N) is 1. The summed E-state index contributed by atoms with van der Waals surface area (Å²) in [5, 5.41) is 12.5. The monoisotopic (exact) mass is 504 g/mol. The van der Waals surface area contributed by atoms with Gasteiger partial charge in [-0.05, 0) is 49.7 Å². The lowest BCUT2D eigenvalue weighted by Crippen LogP contribution is -2.54. The molecular weight excluding hydrogens is 484 g/mol. The highest BCUT2D eigenvalue weighted by atomic mass is 32.1. The zero-order valence-corrected chi connectivity index (χ0v) is 20.0. The van der Waals surface area contributed by atoms with Gasteiger partial charge in [0.25, 0.3) is 11.5 Å². The zero-order valence-electron chi connectivity index (χ0n) is 19.2. The fraction of sp³-hybridized carbons (Fsp3) is 0.167. The molecule has 1 aliphatic heterocycles. The third kappa shape index (κ3) is 3.77. The van der Waals surface area contributed by atoms with Gasteiger partial charge in [0.1, 0.15) is 0 Å². The number of carbonyl (C=O) groups is 3. The van der Waals surface area contributed by atoms with Crippen LogP contribution in [0, 0.1) is 0 Å². The highest BCUT2D eigenvalue weighted by Gasteiger charge is 2.48. The molecule has 1 unspecified atom stereocenters. The molecule has 1 atom stereocenters. The molecule has 12 heteroatoms. The van der Waals surface area contributed by atoms with Crippen molar-refractivity contribution in [1.29, 1.82) is 0 Å². The Balaban J connectivity index is 1.67. The molecular formula is C24H20N6O5S. The standard InChI is InChI=1S/C24H20N6O5S/c1-3-30(22(25)34)23-28-16-9-12(8-14(18(16)36-23)15-6-4-5-7-26-15)13-10-17-19(27-11-13)29-20(31)24(2,35-17)21(32)33/h4-11H,3H2,1-2H3,(H2,25,34)(H,32,33)(H,27,29,31). The largest absolute Gasteiger partial charge is 0.478 e. The fourth-order valence-corrected chi connectivity index (χ4v) is 4.95. The van der Waals surface area contributed by atoms with Gasteiger partial charge in [0.05, 0.1) is 15.9 Å². The molecule has 4 heterocycles. The number of hydrogen-bond donors (Lipinski definition) is 3. The van der Waals surface area contributed by atoms with Crippen molar-refractivity contribution in [2.75, 3.05) is 16.8 Å². The number of nitrogens with zero attached hydrogens (tertiary/aromatic N) is 4. The van der Waals surface area contributed by atoms with Crippen molar-refractivity contribution in [3.63, 3.8) is 0 Å². The first kappa shape index (κ1) is 23.2. The van der Waals surface area contributed by atoms with Crippen molar-refractivity contribution in [2.45, 2.75) is 19.4 Å². The molecule has 11 nitrogen and oxygen atoms in total. The van der Waals surface area contributed by atoms with E-state index in [0.29, 0.717) is 34.0 Å². The van der Waals surface area contributed by atoms with Crippen LogP contribution in [0.2, 0.25) is 0 Å². The molecule has 0 aliphatic carbocycles. The lowest BCUT2D eigenvalue weighted by molar-refractivity contribution is -0.159. The Bertz CT molecular complexity index is 1540. The van der Waals surface area contributed by atoms with Gasteiger partial charge < -0.3 is 20.9 Å². The molecule has 36 heavy (non-hydrogen) atoms. The number of pyridine rings is 2. The Labute approximate surface area is 208 Å². The summed E-state index contributed by atoms with van der Waals surface area (Å²) in [6.45, 7) is 3.35. The lowest BCUT2D eigenvalue weighted by Gasteiger charge is -2.30. The molecule has 4 N–H and O–H groups in total. The molecule has 0 saturated carbocycles. The minimum atomic E-state index is -2.08. The van der Waals surface area contributed by atoms with E-state index in [0.717, 1.165) is 10.3 Å². The predicted octanol–water partition coefficient (Wildman–Crippen LogP) is 3.50. The van der Waals surface area contributed by atoms with Crippen LogP contribution in [-0.4, -0.2) is 50.1 Å². The van der Waals surface area contributed by atoms with Crippen LogP contribution in [0.1, 0.15) is 13.8 Å². The van der Waals surface area contributed by atoms with Gasteiger partial charge in [0.2, 0.25) is 0 Å². The number of nitrogens with two attached hydrogens (primary N) is 1. The number of thiazole rings is 1. The summed E-state index contributed by atoms with van der Waals surface area (Å²) in [7, 11) is 0. The molecule has 4 aromatic rings. The first-order valence-corrected chi connectivity index (χ1v) is 11.7. The number of benzene rings is 1. The Kier molecular flexibility index (Phi) is 5.52. The van der Waals surface area contributed by atoms with E-state index >= 15 is 0 Å². The highest BCUT2D eigenvalue weighted by Crippen LogP contribution is 2.41. The molecule has 3 amide bonds. The third-order valence-corrected chi connectivity index (χ3v) is 6.93. The third-order valence-electron chi connectivity index (χ3n) is 5.81. The average molecular weight is 505 g/mol. The van der Waals surface area contributed by atoms with Gasteiger partial charge in [-0.2, -0.15) is 0 Å². The van der Waals surface area contributed by atoms with Crippen molar-refractivity contribution in [3.8, 4) is 28.1 Å². The maximum Gasteiger partial charge on any atom is 0.357 e. The molecule has 182 valence electrons. The summed E-state index contributed by atoms with van der Waals surface area (Å²) in [4.78, 5) is 50.6. The van der Waals surface area contributed by atoms with Crippen LogP contribution in [0.25, 0.3) is 32.6 Å². The zero-order chi connectivity index (χ0) is 25.6. The quantitative estimate of drug-likeness (QED) is 0.348. The predicted molar refractivity (Wildman–Crippen MR) is 134 cm³/mol. The second-order valence-electron chi connectivity index (χ2n) is 8.13. The molecule has 0 radical (unpaired) electrons. The number of hydrogen-bond acceptors (Lipinski definition) is 8. The van der Waals surface area contributed by atoms with E-state index in [9.17, 15) is 19.5 Å². The van der Waals surface area contributed by atoms with E-state index in [-0.39, 0.29) is 11.6 Å². The van der Waals surface area contributed by atoms with Crippen LogP contribution in [0.15, 0.2) is 48.8 Å². The molecule has 0 spiro atoms. The van der Waals surface area contributed by atoms with Gasteiger partial charge in [0, 0.05) is 30.1 Å². The van der Waals surface area contributed by atoms with Crippen molar-refractivity contribution < 1.29 is 24.2 Å². The molecule has 0 bridgehead atoms. The molecule has 1 aliphatic rings. The number of amides is 3. The van der Waals surface area contributed by atoms with Crippen molar-refractivity contribution in [3.05, 3.63) is 48.8 Å². The SMILES string of the molecule is CCN(C(N)=O)c1nc2cc(-c3cnc4c(c3)OC(C)(C(=O)O)C(=O)N4)cc(-c3ccccn3)c2s1. The van der Waals surface area contributed by atoms with Gasteiger partial charge in [-0.15, -0.1) is 0 Å². The second kappa shape index (κ2) is 8.57. The first-order chi connectivity index (χ1) is 17.2. The van der Waals surface area contributed by atoms with Crippen molar-refractivity contribution >= 4 is 50.4 Å². The Morgan fingerprint density at radius 1 is 1.22 bits per heavy atom. The minimum Gasteiger partial charge on any atom is -0.478 e. The summed E-state index contributed by atoms with van der Waals surface area (Å²) in [5.41, 5.74) is 6.87. The van der Waals surface area contributed by atoms with Gasteiger partial charge in [-0.3, -0.25) is 14.7 Å². The fourth-order valence-electron chi connectivity index (χ4n) is 3.81. The van der Waals surface area contributed by atoms with E-state index in [1.807, 2.05) is 37.3 Å². The van der Waals surface area contributed by atoms with Crippen LogP contribution in [0.3, 0.4) is 0 Å². The van der Waals surface area contributed by atoms with Gasteiger partial charge >= 0.3 is 12.0 Å². The average Bonchev–Trinajstić information content (AvgIpc) is 3.28. The second-order valence-corrected chi connectivity index (χ2v) is 9.11. The van der Waals surface area contributed by atoms with E-state index in [2.05, 4.69) is 20.3 Å². The van der Waals surface area contributed by atoms with E-state index in [1.165, 1.54) is 23.2 Å². The normalized spacial score (nSPS) is 16.7. The number of carboxylic acids is 1. The molecule has 0 saturated heterocycles. The number of carbonyl (C=O) groups excluding carboxylic acids is 2. The number of urea groups is 1. The van der Waals surface area contributed by atoms with E-state index < -0.39 is 23.5 Å². The summed E-state index contributed by atoms with van der Waals surface area (Å²) in [5.74, 6) is -1.97. The topological polar surface area (TPSA) is 161 Å². The number of ether oxygens (including phenoxy) is 1. The molecule has 5 rings (SSSR count). The number of rotatable bonds is 5. The number of anilines is 2. The molecule has 0 fully saturated rings. The van der Waals surface area contributed by atoms with E-state index in [4.69, 9.17) is 10.5 Å². The van der Waals surface area contributed by atoms with Crippen molar-refractivity contribution in [2.24, 2.45) is 5.73 Å². The number of aromatic nitrogens is 3. The minimum absolute atomic E-state index is 0.126. The first-order valence-electron chi connectivity index (χ1n) is 10.9. The van der Waals surface area contributed by atoms with Crippen LogP contribution in [-0.2, 0) is 9.59 Å². The van der Waals surface area contributed by atoms with Crippen LogP contribution in [0.5, 0.6) is 5.75 Å². The summed E-state index contributed by atoms with van der Waals surface area (Å²) < 4.78 is 6.40. The maximum absolute atomic E-state index is 12.2. The van der Waals surface area contributed by atoms with Gasteiger partial charge in [-0.25, -0.2) is 19.6 Å².